The van der Waals surface area contributed by atoms with E-state index in [0.29, 0.717) is 6.54 Å². The fraction of sp³-hybridized carbons (Fsp3) is 0.625. The molecule has 1 N–H and O–H groups in total. The summed E-state index contributed by atoms with van der Waals surface area (Å²) >= 11 is 0. The van der Waals surface area contributed by atoms with Crippen LogP contribution in [0.2, 0.25) is 0 Å². The lowest BCUT2D eigenvalue weighted by atomic mass is 10.4. The van der Waals surface area contributed by atoms with Gasteiger partial charge in [-0.25, -0.2) is 13.1 Å². The first-order valence-electron chi connectivity index (χ1n) is 3.92. The molecule has 0 bridgehead atoms. The summed E-state index contributed by atoms with van der Waals surface area (Å²) in [4.78, 5) is 11.2. The number of likely N-dealkylation sites (N-methyl/N-ethyl adjacent to an activating group) is 1. The van der Waals surface area contributed by atoms with Crippen LogP contribution in [0.5, 0.6) is 0 Å². The van der Waals surface area contributed by atoms with Gasteiger partial charge in [0, 0.05) is 0 Å². The fourth-order valence-corrected chi connectivity index (χ4v) is 1.41. The van der Waals surface area contributed by atoms with E-state index in [0.717, 1.165) is 6.26 Å². The summed E-state index contributed by atoms with van der Waals surface area (Å²) in [6.45, 7) is 0.411. The van der Waals surface area contributed by atoms with Gasteiger partial charge in [-0.05, 0) is 5.92 Å². The quantitative estimate of drug-likeness (QED) is 0.476. The highest BCUT2D eigenvalue weighted by atomic mass is 32.2. The Morgan fingerprint density at radius 1 is 1.50 bits per heavy atom. The van der Waals surface area contributed by atoms with Crippen molar-refractivity contribution in [2.24, 2.45) is 0 Å². The highest BCUT2D eigenvalue weighted by molar-refractivity contribution is 7.89. The van der Waals surface area contributed by atoms with Crippen molar-refractivity contribution in [2.45, 2.75) is 0 Å². The Morgan fingerprint density at radius 2 is 2.00 bits per heavy atom. The van der Waals surface area contributed by atoms with Crippen LogP contribution in [0.15, 0.2) is 0 Å². The summed E-state index contributed by atoms with van der Waals surface area (Å²) in [5.74, 6) is 1.87. The van der Waals surface area contributed by atoms with Gasteiger partial charge in [-0.1, -0.05) is 0 Å². The lowest BCUT2D eigenvalue weighted by Gasteiger charge is -2.26. The average molecular weight is 219 g/mol. The largest absolute Gasteiger partial charge is 0.311 e. The Balaban J connectivity index is 4.28. The van der Waals surface area contributed by atoms with E-state index in [1.165, 1.54) is 0 Å². The number of sulfonamides is 1. The van der Waals surface area contributed by atoms with Crippen LogP contribution in [0, 0.1) is 12.3 Å². The minimum atomic E-state index is -3.47. The average Bonchev–Trinajstić information content (AvgIpc) is 1.78. The lowest BCUT2D eigenvalue weighted by Crippen LogP contribution is -2.48. The topological polar surface area (TPSA) is 63.2 Å². The van der Waals surface area contributed by atoms with E-state index in [2.05, 4.69) is 5.92 Å². The summed E-state index contributed by atoms with van der Waals surface area (Å²) in [6.07, 6.45) is 6.04. The second-order valence-electron chi connectivity index (χ2n) is 3.75. The number of hydrogen-bond donors (Lipinski definition) is 1. The first kappa shape index (κ1) is 12.9. The van der Waals surface area contributed by atoms with Crippen molar-refractivity contribution in [3.63, 3.8) is 0 Å². The van der Waals surface area contributed by atoms with Crippen LogP contribution in [0.1, 0.15) is 0 Å². The van der Waals surface area contributed by atoms with Gasteiger partial charge in [0.1, 0.15) is 6.54 Å². The number of hydrogen-bond acceptors (Lipinski definition) is 3. The minimum absolute atomic E-state index is 0.0390. The summed E-state index contributed by atoms with van der Waals surface area (Å²) in [6, 6.07) is 0. The SMILES string of the molecule is C#CC[N+](C)(C)CC(=O)NS(C)(=O)=O. The molecule has 0 saturated carbocycles. The molecule has 0 aliphatic carbocycles. The standard InChI is InChI=1S/C8H14N2O3S/c1-5-6-10(2,3)7-8(11)9-14(4,12)13/h1H,6-7H2,2-4H3/p+1. The molecule has 5 nitrogen and oxygen atoms in total. The van der Waals surface area contributed by atoms with Crippen LogP contribution < -0.4 is 4.72 Å². The van der Waals surface area contributed by atoms with Gasteiger partial charge in [-0.3, -0.25) is 4.79 Å². The lowest BCUT2D eigenvalue weighted by molar-refractivity contribution is -0.875. The maximum absolute atomic E-state index is 11.2. The summed E-state index contributed by atoms with van der Waals surface area (Å²) in [7, 11) is 0.0315. The minimum Gasteiger partial charge on any atom is -0.311 e. The molecule has 80 valence electrons. The Kier molecular flexibility index (Phi) is 4.10. The smallest absolute Gasteiger partial charge is 0.288 e. The molecule has 1 amide bonds. The molecule has 0 radical (unpaired) electrons. The third-order valence-corrected chi connectivity index (χ3v) is 1.99. The molecule has 14 heavy (non-hydrogen) atoms. The van der Waals surface area contributed by atoms with Crippen LogP contribution in [-0.2, 0) is 14.8 Å². The molecule has 0 fully saturated rings. The van der Waals surface area contributed by atoms with Crippen molar-refractivity contribution >= 4 is 15.9 Å². The number of carbonyl (C=O) groups excluding carboxylic acids is 1. The zero-order chi connectivity index (χ0) is 11.4. The van der Waals surface area contributed by atoms with E-state index in [-0.39, 0.29) is 11.0 Å². The normalized spacial score (nSPS) is 11.9. The molecular formula is C8H15N2O3S+. The zero-order valence-corrected chi connectivity index (χ0v) is 9.39. The van der Waals surface area contributed by atoms with Crippen molar-refractivity contribution in [2.75, 3.05) is 33.4 Å². The fourth-order valence-electron chi connectivity index (χ4n) is 0.931. The first-order valence-corrected chi connectivity index (χ1v) is 5.81. The summed E-state index contributed by atoms with van der Waals surface area (Å²) in [5, 5.41) is 0. The van der Waals surface area contributed by atoms with Crippen molar-refractivity contribution in [3.05, 3.63) is 0 Å². The molecule has 0 aliphatic rings. The molecule has 6 heteroatoms. The van der Waals surface area contributed by atoms with E-state index in [1.54, 1.807) is 14.1 Å². The molecule has 0 spiro atoms. The number of nitrogens with zero attached hydrogens (tertiary/aromatic N) is 1. The van der Waals surface area contributed by atoms with Crippen LogP contribution in [-0.4, -0.2) is 52.2 Å². The molecule has 0 atom stereocenters. The Labute approximate surface area is 84.7 Å². The van der Waals surface area contributed by atoms with Gasteiger partial charge in [0.25, 0.3) is 5.91 Å². The zero-order valence-electron chi connectivity index (χ0n) is 8.57. The van der Waals surface area contributed by atoms with Gasteiger partial charge in [0.15, 0.2) is 6.54 Å². The van der Waals surface area contributed by atoms with Gasteiger partial charge in [0.2, 0.25) is 10.0 Å². The van der Waals surface area contributed by atoms with Gasteiger partial charge in [-0.15, -0.1) is 6.42 Å². The van der Waals surface area contributed by atoms with E-state index in [4.69, 9.17) is 6.42 Å². The maximum Gasteiger partial charge on any atom is 0.288 e. The number of quaternary nitrogens is 1. The third kappa shape index (κ3) is 6.46. The number of rotatable bonds is 4. The van der Waals surface area contributed by atoms with Gasteiger partial charge >= 0.3 is 0 Å². The van der Waals surface area contributed by atoms with Gasteiger partial charge in [-0.2, -0.15) is 0 Å². The van der Waals surface area contributed by atoms with E-state index in [9.17, 15) is 13.2 Å². The van der Waals surface area contributed by atoms with Crippen LogP contribution in [0.4, 0.5) is 0 Å². The monoisotopic (exact) mass is 219 g/mol. The molecule has 0 aromatic heterocycles. The molecule has 0 unspecified atom stereocenters. The molecule has 0 saturated heterocycles. The van der Waals surface area contributed by atoms with Crippen molar-refractivity contribution in [3.8, 4) is 12.3 Å². The Hall–Kier alpha value is -1.06. The number of terminal acetylenes is 1. The number of amides is 1. The van der Waals surface area contributed by atoms with E-state index in [1.807, 2.05) is 4.72 Å². The van der Waals surface area contributed by atoms with Gasteiger partial charge in [0.05, 0.1) is 20.4 Å². The van der Waals surface area contributed by atoms with E-state index < -0.39 is 15.9 Å². The molecule has 0 rings (SSSR count). The molecule has 0 heterocycles. The van der Waals surface area contributed by atoms with Crippen LogP contribution >= 0.6 is 0 Å². The maximum atomic E-state index is 11.2. The van der Waals surface area contributed by atoms with Gasteiger partial charge < -0.3 is 4.48 Å². The summed E-state index contributed by atoms with van der Waals surface area (Å²) in [5.41, 5.74) is 0. The van der Waals surface area contributed by atoms with Crippen molar-refractivity contribution < 1.29 is 17.7 Å². The Bertz CT molecular complexity index is 351. The predicted molar refractivity (Wildman–Crippen MR) is 53.7 cm³/mol. The molecule has 0 aliphatic heterocycles. The second-order valence-corrected chi connectivity index (χ2v) is 5.50. The second kappa shape index (κ2) is 4.44. The van der Waals surface area contributed by atoms with Crippen LogP contribution in [0.25, 0.3) is 0 Å². The molecular weight excluding hydrogens is 204 g/mol. The van der Waals surface area contributed by atoms with E-state index >= 15 is 0 Å². The highest BCUT2D eigenvalue weighted by Crippen LogP contribution is 1.94. The molecule has 0 aromatic rings. The van der Waals surface area contributed by atoms with Crippen LogP contribution in [0.3, 0.4) is 0 Å². The summed E-state index contributed by atoms with van der Waals surface area (Å²) < 4.78 is 23.6. The van der Waals surface area contributed by atoms with Crippen molar-refractivity contribution in [1.29, 1.82) is 0 Å². The molecule has 0 aromatic carbocycles. The Morgan fingerprint density at radius 3 is 2.36 bits per heavy atom. The number of carbonyl (C=O) groups is 1. The first-order chi connectivity index (χ1) is 6.16. The number of nitrogens with one attached hydrogen (secondary N) is 1. The third-order valence-electron chi connectivity index (χ3n) is 1.39. The highest BCUT2D eigenvalue weighted by Gasteiger charge is 2.20. The predicted octanol–water partition coefficient (Wildman–Crippen LogP) is -1.23. The van der Waals surface area contributed by atoms with Crippen molar-refractivity contribution in [1.82, 2.24) is 4.72 Å².